The fraction of sp³-hybridized carbons (Fsp3) is 0.364. The number of benzene rings is 1. The number of nitro benzene ring substituents is 1. The van der Waals surface area contributed by atoms with Crippen molar-refractivity contribution in [1.82, 2.24) is 0 Å². The van der Waals surface area contributed by atoms with E-state index in [0.717, 1.165) is 12.1 Å². The molecule has 0 bridgehead atoms. The standard InChI is InChI=1S/C11H11BrFNO4/c1-6(15)3-7(2)18-11-9(12)4-8(13)5-10(11)14(16)17/h4-5,7H,3H2,1-2H3. The topological polar surface area (TPSA) is 69.4 Å². The van der Waals surface area contributed by atoms with Gasteiger partial charge in [0.25, 0.3) is 0 Å². The number of hydrogen-bond donors (Lipinski definition) is 0. The minimum absolute atomic E-state index is 0.0739. The Balaban J connectivity index is 3.07. The van der Waals surface area contributed by atoms with Gasteiger partial charge >= 0.3 is 5.69 Å². The molecule has 0 heterocycles. The zero-order valence-corrected chi connectivity index (χ0v) is 11.4. The highest BCUT2D eigenvalue weighted by Crippen LogP contribution is 2.36. The molecule has 1 atom stereocenters. The van der Waals surface area contributed by atoms with Gasteiger partial charge in [0.15, 0.2) is 0 Å². The van der Waals surface area contributed by atoms with E-state index in [-0.39, 0.29) is 22.4 Å². The summed E-state index contributed by atoms with van der Waals surface area (Å²) in [6, 6.07) is 1.85. The summed E-state index contributed by atoms with van der Waals surface area (Å²) in [5, 5.41) is 10.8. The Labute approximate surface area is 111 Å². The molecule has 0 N–H and O–H groups in total. The maximum Gasteiger partial charge on any atom is 0.315 e. The van der Waals surface area contributed by atoms with Crippen molar-refractivity contribution in [2.45, 2.75) is 26.4 Å². The quantitative estimate of drug-likeness (QED) is 0.617. The van der Waals surface area contributed by atoms with Gasteiger partial charge in [-0.25, -0.2) is 4.39 Å². The van der Waals surface area contributed by atoms with E-state index in [1.165, 1.54) is 6.92 Å². The van der Waals surface area contributed by atoms with Crippen molar-refractivity contribution < 1.29 is 18.8 Å². The van der Waals surface area contributed by atoms with E-state index in [1.54, 1.807) is 6.92 Å². The summed E-state index contributed by atoms with van der Waals surface area (Å²) in [6.45, 7) is 3.01. The highest BCUT2D eigenvalue weighted by molar-refractivity contribution is 9.10. The van der Waals surface area contributed by atoms with Crippen LogP contribution in [-0.2, 0) is 4.79 Å². The minimum Gasteiger partial charge on any atom is -0.483 e. The molecule has 1 unspecified atom stereocenters. The van der Waals surface area contributed by atoms with E-state index in [2.05, 4.69) is 15.9 Å². The molecule has 1 rings (SSSR count). The van der Waals surface area contributed by atoms with Crippen molar-refractivity contribution in [2.75, 3.05) is 0 Å². The van der Waals surface area contributed by atoms with Crippen LogP contribution < -0.4 is 4.74 Å². The molecule has 0 spiro atoms. The zero-order chi connectivity index (χ0) is 13.9. The van der Waals surface area contributed by atoms with Gasteiger partial charge in [-0.2, -0.15) is 0 Å². The SMILES string of the molecule is CC(=O)CC(C)Oc1c(Br)cc(F)cc1[N+](=O)[O-]. The van der Waals surface area contributed by atoms with Gasteiger partial charge in [-0.05, 0) is 35.8 Å². The first-order valence-electron chi connectivity index (χ1n) is 5.10. The highest BCUT2D eigenvalue weighted by atomic mass is 79.9. The summed E-state index contributed by atoms with van der Waals surface area (Å²) in [5.41, 5.74) is -0.475. The van der Waals surface area contributed by atoms with Crippen LogP contribution in [0.3, 0.4) is 0 Å². The van der Waals surface area contributed by atoms with Gasteiger partial charge in [0.1, 0.15) is 17.7 Å². The van der Waals surface area contributed by atoms with E-state index in [9.17, 15) is 19.3 Å². The molecule has 0 aliphatic heterocycles. The fourth-order valence-electron chi connectivity index (χ4n) is 1.45. The van der Waals surface area contributed by atoms with E-state index < -0.39 is 22.5 Å². The predicted octanol–water partition coefficient (Wildman–Crippen LogP) is 3.24. The van der Waals surface area contributed by atoms with Gasteiger partial charge in [0, 0.05) is 6.42 Å². The number of carbonyl (C=O) groups is 1. The monoisotopic (exact) mass is 319 g/mol. The summed E-state index contributed by atoms with van der Waals surface area (Å²) >= 11 is 3.01. The minimum atomic E-state index is -0.736. The van der Waals surface area contributed by atoms with Gasteiger partial charge in [-0.1, -0.05) is 0 Å². The van der Waals surface area contributed by atoms with Crippen LogP contribution in [0.4, 0.5) is 10.1 Å². The molecule has 0 saturated carbocycles. The molecule has 0 amide bonds. The Morgan fingerprint density at radius 2 is 2.22 bits per heavy atom. The van der Waals surface area contributed by atoms with E-state index in [0.29, 0.717) is 0 Å². The molecular weight excluding hydrogens is 309 g/mol. The van der Waals surface area contributed by atoms with E-state index in [1.807, 2.05) is 0 Å². The lowest BCUT2D eigenvalue weighted by Crippen LogP contribution is -2.16. The number of Topliss-reactive ketones (excluding diaryl/α,β-unsaturated/α-hetero) is 1. The molecular formula is C11H11BrFNO4. The molecule has 0 fully saturated rings. The van der Waals surface area contributed by atoms with Gasteiger partial charge in [0.2, 0.25) is 5.75 Å². The van der Waals surface area contributed by atoms with Crippen LogP contribution in [0.25, 0.3) is 0 Å². The second-order valence-corrected chi connectivity index (χ2v) is 4.68. The Hall–Kier alpha value is -1.50. The first-order valence-corrected chi connectivity index (χ1v) is 5.90. The highest BCUT2D eigenvalue weighted by Gasteiger charge is 2.22. The lowest BCUT2D eigenvalue weighted by molar-refractivity contribution is -0.386. The van der Waals surface area contributed by atoms with Crippen LogP contribution in [0, 0.1) is 15.9 Å². The Morgan fingerprint density at radius 3 is 2.72 bits per heavy atom. The molecule has 1 aromatic rings. The molecule has 98 valence electrons. The molecule has 0 saturated heterocycles. The van der Waals surface area contributed by atoms with Crippen LogP contribution >= 0.6 is 15.9 Å². The van der Waals surface area contributed by atoms with E-state index in [4.69, 9.17) is 4.74 Å². The van der Waals surface area contributed by atoms with Crippen LogP contribution in [0.5, 0.6) is 5.75 Å². The molecule has 0 aromatic heterocycles. The van der Waals surface area contributed by atoms with Crippen LogP contribution in [-0.4, -0.2) is 16.8 Å². The number of halogens is 2. The van der Waals surface area contributed by atoms with Crippen LogP contribution in [0.2, 0.25) is 0 Å². The maximum atomic E-state index is 13.1. The molecule has 18 heavy (non-hydrogen) atoms. The number of ketones is 1. The first kappa shape index (κ1) is 14.6. The summed E-state index contributed by atoms with van der Waals surface area (Å²) in [7, 11) is 0. The molecule has 7 heteroatoms. The Bertz CT molecular complexity index is 492. The van der Waals surface area contributed by atoms with Crippen molar-refractivity contribution in [3.05, 3.63) is 32.5 Å². The zero-order valence-electron chi connectivity index (χ0n) is 9.78. The van der Waals surface area contributed by atoms with Gasteiger partial charge in [0.05, 0.1) is 15.5 Å². The summed E-state index contributed by atoms with van der Waals surface area (Å²) in [5.74, 6) is -0.904. The second-order valence-electron chi connectivity index (χ2n) is 3.83. The van der Waals surface area contributed by atoms with Crippen molar-refractivity contribution in [1.29, 1.82) is 0 Å². The normalized spacial score (nSPS) is 12.0. The smallest absolute Gasteiger partial charge is 0.315 e. The van der Waals surface area contributed by atoms with Crippen molar-refractivity contribution in [2.24, 2.45) is 0 Å². The number of nitro groups is 1. The third-order valence-electron chi connectivity index (χ3n) is 2.08. The summed E-state index contributed by atoms with van der Waals surface area (Å²) in [4.78, 5) is 21.0. The largest absolute Gasteiger partial charge is 0.483 e. The van der Waals surface area contributed by atoms with Crippen LogP contribution in [0.1, 0.15) is 20.3 Å². The maximum absolute atomic E-state index is 13.1. The van der Waals surface area contributed by atoms with Crippen molar-refractivity contribution in [3.8, 4) is 5.75 Å². The van der Waals surface area contributed by atoms with Crippen molar-refractivity contribution >= 4 is 27.4 Å². The number of ether oxygens (including phenoxy) is 1. The molecule has 0 aliphatic carbocycles. The third kappa shape index (κ3) is 3.76. The molecule has 1 aromatic carbocycles. The lowest BCUT2D eigenvalue weighted by atomic mass is 10.2. The number of carbonyl (C=O) groups excluding carboxylic acids is 1. The molecule has 5 nitrogen and oxygen atoms in total. The fourth-order valence-corrected chi connectivity index (χ4v) is 1.96. The second kappa shape index (κ2) is 5.90. The first-order chi connectivity index (χ1) is 8.31. The number of hydrogen-bond acceptors (Lipinski definition) is 4. The van der Waals surface area contributed by atoms with Gasteiger partial charge in [-0.3, -0.25) is 14.9 Å². The molecule has 0 aliphatic rings. The summed E-state index contributed by atoms with van der Waals surface area (Å²) in [6.07, 6.45) is -0.399. The lowest BCUT2D eigenvalue weighted by Gasteiger charge is -2.14. The molecule has 0 radical (unpaired) electrons. The van der Waals surface area contributed by atoms with Crippen molar-refractivity contribution in [3.63, 3.8) is 0 Å². The number of nitrogens with zero attached hydrogens (tertiary/aromatic N) is 1. The van der Waals surface area contributed by atoms with E-state index >= 15 is 0 Å². The third-order valence-corrected chi connectivity index (χ3v) is 2.67. The van der Waals surface area contributed by atoms with Crippen LogP contribution in [0.15, 0.2) is 16.6 Å². The predicted molar refractivity (Wildman–Crippen MR) is 66.1 cm³/mol. The number of rotatable bonds is 5. The van der Waals surface area contributed by atoms with Gasteiger partial charge in [-0.15, -0.1) is 0 Å². The summed E-state index contributed by atoms with van der Waals surface area (Å²) < 4.78 is 18.5. The Morgan fingerprint density at radius 1 is 1.61 bits per heavy atom. The Kier molecular flexibility index (Phi) is 4.77. The average Bonchev–Trinajstić information content (AvgIpc) is 2.20. The average molecular weight is 320 g/mol. The van der Waals surface area contributed by atoms with Gasteiger partial charge < -0.3 is 4.74 Å².